The molecule has 0 aliphatic heterocycles. The third kappa shape index (κ3) is 20.0. The molecule has 9 heteroatoms. The second-order valence-electron chi connectivity index (χ2n) is 17.1. The first-order valence-electron chi connectivity index (χ1n) is 24.0. The summed E-state index contributed by atoms with van der Waals surface area (Å²) in [6.45, 7) is 8.86. The van der Waals surface area contributed by atoms with Crippen LogP contribution in [0.5, 0.6) is 0 Å². The van der Waals surface area contributed by atoms with Crippen LogP contribution in [0.3, 0.4) is 0 Å². The Balaban J connectivity index is 0.000000413. The van der Waals surface area contributed by atoms with Crippen LogP contribution in [0.4, 0.5) is 0 Å². The van der Waals surface area contributed by atoms with Crippen LogP contribution < -0.4 is 0 Å². The summed E-state index contributed by atoms with van der Waals surface area (Å²) < 4.78 is 71.4. The first-order chi connectivity index (χ1) is 29.0. The molecule has 0 fully saturated rings. The predicted molar refractivity (Wildman–Crippen MR) is 258 cm³/mol. The van der Waals surface area contributed by atoms with Crippen LogP contribution in [-0.4, -0.2) is 63.7 Å². The van der Waals surface area contributed by atoms with Crippen molar-refractivity contribution in [3.05, 3.63) is 82.9 Å². The maximum atomic E-state index is 11.9. The van der Waals surface area contributed by atoms with Gasteiger partial charge in [0.2, 0.25) is 0 Å². The Bertz CT molecular complexity index is 1900. The van der Waals surface area contributed by atoms with Crippen molar-refractivity contribution in [2.24, 2.45) is 0 Å². The van der Waals surface area contributed by atoms with E-state index in [2.05, 4.69) is 39.8 Å². The fraction of sp³-hybridized carbons (Fsp3) is 0.615. The normalized spacial score (nSPS) is 11.8. The number of hydrogen-bond donors (Lipinski definition) is 0. The van der Waals surface area contributed by atoms with Crippen LogP contribution in [-0.2, 0) is 45.9 Å². The average molecular weight is 903 g/mol. The number of hydrogen-bond acceptors (Lipinski definition) is 6. The van der Waals surface area contributed by atoms with E-state index in [-0.39, 0.29) is 47.5 Å². The Morgan fingerprint density at radius 3 is 0.918 bits per heavy atom. The zero-order chi connectivity index (χ0) is 43.6. The first-order valence-corrected chi connectivity index (χ1v) is 26.8. The van der Waals surface area contributed by atoms with Gasteiger partial charge in [-0.25, -0.2) is 16.8 Å². The number of rotatable bonds is 30. The fourth-order valence-electron chi connectivity index (χ4n) is 8.71. The topological polar surface area (TPSA) is 114 Å². The van der Waals surface area contributed by atoms with Crippen LogP contribution in [0, 0.1) is 0 Å². The summed E-state index contributed by atoms with van der Waals surface area (Å²) in [6.07, 6.45) is 32.1. The van der Waals surface area contributed by atoms with Gasteiger partial charge in [-0.15, -0.1) is 0 Å². The van der Waals surface area contributed by atoms with Crippen molar-refractivity contribution < 1.29 is 25.9 Å². The molecule has 4 rings (SSSR count). The zero-order valence-electron chi connectivity index (χ0n) is 38.5. The van der Waals surface area contributed by atoms with Gasteiger partial charge in [-0.1, -0.05) is 205 Å². The minimum absolute atomic E-state index is 0. The summed E-state index contributed by atoms with van der Waals surface area (Å²) in [5, 5.41) is 4.12. The van der Waals surface area contributed by atoms with Gasteiger partial charge in [-0.2, -0.15) is 0 Å². The van der Waals surface area contributed by atoms with Gasteiger partial charge in [-0.05, 0) is 107 Å². The maximum absolute atomic E-state index is 11.9. The Labute approximate surface area is 402 Å². The summed E-state index contributed by atoms with van der Waals surface area (Å²) in [5.41, 5.74) is 3.98. The van der Waals surface area contributed by atoms with Crippen molar-refractivity contribution in [2.45, 2.75) is 217 Å². The molecule has 336 valence electrons. The molecule has 0 aliphatic rings. The molecule has 0 amide bonds. The van der Waals surface area contributed by atoms with Crippen molar-refractivity contribution in [1.29, 1.82) is 0 Å². The van der Waals surface area contributed by atoms with E-state index >= 15 is 0 Å². The van der Waals surface area contributed by atoms with Crippen molar-refractivity contribution in [3.8, 4) is 0 Å². The molecule has 61 heavy (non-hydrogen) atoms. The van der Waals surface area contributed by atoms with Crippen molar-refractivity contribution >= 4 is 79.5 Å². The summed E-state index contributed by atoms with van der Waals surface area (Å²) in [4.78, 5) is -0.0550. The minimum atomic E-state index is -4.47. The molecule has 4 aromatic carbocycles. The van der Waals surface area contributed by atoms with Crippen molar-refractivity contribution in [1.82, 2.24) is 0 Å². The second kappa shape index (κ2) is 31.4. The monoisotopic (exact) mass is 902 g/mol. The third-order valence-electron chi connectivity index (χ3n) is 12.1. The molecule has 0 saturated heterocycles. The van der Waals surface area contributed by atoms with Gasteiger partial charge < -0.3 is 9.11 Å². The molecule has 0 spiro atoms. The van der Waals surface area contributed by atoms with Gasteiger partial charge in [0, 0.05) is 0 Å². The molecular weight excluding hydrogens is 825 g/mol. The van der Waals surface area contributed by atoms with E-state index in [9.17, 15) is 25.9 Å². The van der Waals surface area contributed by atoms with Crippen LogP contribution in [0.1, 0.15) is 204 Å². The van der Waals surface area contributed by atoms with E-state index in [0.29, 0.717) is 12.8 Å². The number of benzene rings is 4. The molecule has 0 radical (unpaired) electrons. The molecule has 0 bridgehead atoms. The maximum Gasteiger partial charge on any atom is 2.00 e. The molecule has 4 aromatic rings. The molecule has 0 unspecified atom stereocenters. The Hall–Kier alpha value is -1.52. The standard InChI is InChI=1S/2C26H40O3S.Ca/c2*1-3-5-7-9-11-13-16-22-17-15-19-24-23(22)20-21-26(30(27,28)29)25(24)18-14-12-10-8-6-4-2;/h2*15,17,19-21H,3-14,16,18H2,1-2H3,(H,27,28,29);/q;;+2/p-2. The predicted octanol–water partition coefficient (Wildman–Crippen LogP) is 14.7. The first kappa shape index (κ1) is 55.6. The Morgan fingerprint density at radius 2 is 0.623 bits per heavy atom. The van der Waals surface area contributed by atoms with E-state index in [1.165, 1.54) is 127 Å². The summed E-state index contributed by atoms with van der Waals surface area (Å²) in [5.74, 6) is 0. The minimum Gasteiger partial charge on any atom is -0.744 e. The van der Waals surface area contributed by atoms with Crippen molar-refractivity contribution in [3.63, 3.8) is 0 Å². The molecule has 6 nitrogen and oxygen atoms in total. The molecule has 0 aliphatic carbocycles. The fourth-order valence-corrected chi connectivity index (χ4v) is 10.2. The average Bonchev–Trinajstić information content (AvgIpc) is 3.22. The van der Waals surface area contributed by atoms with Gasteiger partial charge in [0.25, 0.3) is 0 Å². The Morgan fingerprint density at radius 1 is 0.344 bits per heavy atom. The van der Waals surface area contributed by atoms with Gasteiger partial charge in [0.05, 0.1) is 9.79 Å². The number of unbranched alkanes of at least 4 members (excludes halogenated alkanes) is 20. The van der Waals surface area contributed by atoms with E-state index in [1.807, 2.05) is 36.4 Å². The summed E-state index contributed by atoms with van der Waals surface area (Å²) in [6, 6.07) is 19.1. The van der Waals surface area contributed by atoms with E-state index < -0.39 is 20.2 Å². The van der Waals surface area contributed by atoms with Crippen LogP contribution in [0.2, 0.25) is 0 Å². The number of fused-ring (bicyclic) bond motifs is 2. The molecular formula is C52H78CaO6S2. The molecule has 0 aromatic heterocycles. The van der Waals surface area contributed by atoms with Gasteiger partial charge in [0.15, 0.2) is 0 Å². The van der Waals surface area contributed by atoms with Crippen molar-refractivity contribution in [2.75, 3.05) is 0 Å². The van der Waals surface area contributed by atoms with Gasteiger partial charge in [0.1, 0.15) is 20.2 Å². The smallest absolute Gasteiger partial charge is 0.744 e. The largest absolute Gasteiger partial charge is 2.00 e. The molecule has 0 atom stereocenters. The van der Waals surface area contributed by atoms with Gasteiger partial charge >= 0.3 is 37.7 Å². The van der Waals surface area contributed by atoms with Crippen LogP contribution in [0.15, 0.2) is 70.5 Å². The van der Waals surface area contributed by atoms with E-state index in [4.69, 9.17) is 0 Å². The van der Waals surface area contributed by atoms with Crippen LogP contribution >= 0.6 is 0 Å². The second-order valence-corrected chi connectivity index (χ2v) is 19.8. The Kier molecular flexibility index (Phi) is 28.6. The third-order valence-corrected chi connectivity index (χ3v) is 14.0. The van der Waals surface area contributed by atoms with E-state index in [1.54, 1.807) is 12.1 Å². The quantitative estimate of drug-likeness (QED) is 0.0292. The molecule has 0 saturated carbocycles. The SMILES string of the molecule is CCCCCCCCc1cccc2c(CCCCCCCC)c(S(=O)(=O)[O-])ccc12.CCCCCCCCc1cccc2c(CCCCCCCC)c(S(=O)(=O)[O-])ccc12.[Ca+2]. The summed E-state index contributed by atoms with van der Waals surface area (Å²) in [7, 11) is -8.94. The van der Waals surface area contributed by atoms with E-state index in [0.717, 1.165) is 84.0 Å². The van der Waals surface area contributed by atoms with Gasteiger partial charge in [-0.3, -0.25) is 0 Å². The van der Waals surface area contributed by atoms with Crippen LogP contribution in [0.25, 0.3) is 21.5 Å². The molecule has 0 N–H and O–H groups in total. The zero-order valence-corrected chi connectivity index (χ0v) is 42.4. The molecule has 0 heterocycles. The number of aryl methyl sites for hydroxylation is 4. The summed E-state index contributed by atoms with van der Waals surface area (Å²) >= 11 is 0.